The van der Waals surface area contributed by atoms with E-state index in [4.69, 9.17) is 10.5 Å². The van der Waals surface area contributed by atoms with Gasteiger partial charge in [-0.15, -0.1) is 0 Å². The number of hydrogen-bond acceptors (Lipinski definition) is 3. The van der Waals surface area contributed by atoms with Gasteiger partial charge in [0.2, 0.25) is 0 Å². The van der Waals surface area contributed by atoms with Gasteiger partial charge in [-0.1, -0.05) is 0 Å². The van der Waals surface area contributed by atoms with E-state index in [0.717, 1.165) is 6.42 Å². The topological polar surface area (TPSA) is 57.2 Å². The minimum atomic E-state index is -0.0252. The van der Waals surface area contributed by atoms with Gasteiger partial charge >= 0.3 is 0 Å². The van der Waals surface area contributed by atoms with Gasteiger partial charge in [0, 0.05) is 37.7 Å². The minimum absolute atomic E-state index is 0.0252. The number of methoxy groups -OCH3 is 1. The Hall–Kier alpha value is -1.29. The van der Waals surface area contributed by atoms with Crippen molar-refractivity contribution >= 4 is 5.69 Å². The van der Waals surface area contributed by atoms with Crippen LogP contribution in [0.5, 0.6) is 0 Å². The molecule has 1 aromatic heterocycles. The molecule has 0 bridgehead atoms. The van der Waals surface area contributed by atoms with Crippen LogP contribution in [-0.2, 0) is 4.74 Å². The maximum absolute atomic E-state index is 11.4. The molecule has 78 valence electrons. The highest BCUT2D eigenvalue weighted by molar-refractivity contribution is 5.33. The number of hydrogen-bond donors (Lipinski definition) is 1. The van der Waals surface area contributed by atoms with Crippen LogP contribution in [0.3, 0.4) is 0 Å². The Morgan fingerprint density at radius 3 is 2.93 bits per heavy atom. The van der Waals surface area contributed by atoms with Crippen LogP contribution in [0.15, 0.2) is 23.1 Å². The Kier molecular flexibility index (Phi) is 3.71. The van der Waals surface area contributed by atoms with E-state index in [-0.39, 0.29) is 11.6 Å². The van der Waals surface area contributed by atoms with Crippen molar-refractivity contribution in [3.05, 3.63) is 28.7 Å². The number of nitrogens with two attached hydrogens (primary N) is 1. The van der Waals surface area contributed by atoms with Gasteiger partial charge in [-0.2, -0.15) is 0 Å². The highest BCUT2D eigenvalue weighted by Crippen LogP contribution is 2.09. The Labute approximate surface area is 83.3 Å². The van der Waals surface area contributed by atoms with Crippen molar-refractivity contribution < 1.29 is 4.74 Å². The summed E-state index contributed by atoms with van der Waals surface area (Å²) in [4.78, 5) is 11.4. The van der Waals surface area contributed by atoms with E-state index < -0.39 is 0 Å². The molecule has 0 amide bonds. The molecule has 0 aliphatic heterocycles. The predicted molar refractivity (Wildman–Crippen MR) is 56.3 cm³/mol. The summed E-state index contributed by atoms with van der Waals surface area (Å²) in [5.41, 5.74) is 6.18. The van der Waals surface area contributed by atoms with Crippen LogP contribution in [-0.4, -0.2) is 18.3 Å². The smallest absolute Gasteiger partial charge is 0.250 e. The fourth-order valence-electron chi connectivity index (χ4n) is 1.29. The molecular formula is C10H16N2O2. The fraction of sp³-hybridized carbons (Fsp3) is 0.500. The molecule has 1 rings (SSSR count). The van der Waals surface area contributed by atoms with Gasteiger partial charge in [0.05, 0.1) is 0 Å². The minimum Gasteiger partial charge on any atom is -0.398 e. The van der Waals surface area contributed by atoms with Gasteiger partial charge in [0.15, 0.2) is 0 Å². The fourth-order valence-corrected chi connectivity index (χ4v) is 1.29. The summed E-state index contributed by atoms with van der Waals surface area (Å²) in [6.45, 7) is 2.61. The van der Waals surface area contributed by atoms with Gasteiger partial charge < -0.3 is 15.0 Å². The average molecular weight is 196 g/mol. The molecule has 0 saturated heterocycles. The average Bonchev–Trinajstić information content (AvgIpc) is 2.18. The summed E-state index contributed by atoms with van der Waals surface area (Å²) in [6, 6.07) is 3.21. The highest BCUT2D eigenvalue weighted by atomic mass is 16.5. The number of nitrogen functional groups attached to an aromatic ring is 1. The van der Waals surface area contributed by atoms with Gasteiger partial charge in [0.1, 0.15) is 0 Å². The first kappa shape index (κ1) is 10.8. The molecule has 4 nitrogen and oxygen atoms in total. The first-order valence-electron chi connectivity index (χ1n) is 4.61. The second-order valence-corrected chi connectivity index (χ2v) is 3.34. The van der Waals surface area contributed by atoms with Gasteiger partial charge in [-0.25, -0.2) is 0 Å². The quantitative estimate of drug-likeness (QED) is 0.782. The second kappa shape index (κ2) is 4.81. The summed E-state index contributed by atoms with van der Waals surface area (Å²) in [7, 11) is 1.65. The first-order valence-corrected chi connectivity index (χ1v) is 4.61. The summed E-state index contributed by atoms with van der Waals surface area (Å²) in [5.74, 6) is 0. The van der Waals surface area contributed by atoms with E-state index in [2.05, 4.69) is 0 Å². The van der Waals surface area contributed by atoms with E-state index in [1.54, 1.807) is 23.9 Å². The van der Waals surface area contributed by atoms with Crippen LogP contribution in [0.2, 0.25) is 0 Å². The lowest BCUT2D eigenvalue weighted by Gasteiger charge is -2.14. The van der Waals surface area contributed by atoms with Crippen LogP contribution in [0.25, 0.3) is 0 Å². The number of pyridine rings is 1. The number of anilines is 1. The molecule has 1 heterocycles. The Balaban J connectivity index is 2.83. The van der Waals surface area contributed by atoms with Crippen LogP contribution >= 0.6 is 0 Å². The third-order valence-corrected chi connectivity index (χ3v) is 2.18. The molecule has 1 unspecified atom stereocenters. The number of nitrogens with zero attached hydrogens (tertiary/aromatic N) is 1. The summed E-state index contributed by atoms with van der Waals surface area (Å²) < 4.78 is 6.59. The second-order valence-electron chi connectivity index (χ2n) is 3.34. The molecule has 14 heavy (non-hydrogen) atoms. The van der Waals surface area contributed by atoms with E-state index >= 15 is 0 Å². The van der Waals surface area contributed by atoms with Crippen molar-refractivity contribution in [2.24, 2.45) is 0 Å². The number of ether oxygens (including phenoxy) is 1. The molecule has 0 aliphatic rings. The van der Waals surface area contributed by atoms with Crippen molar-refractivity contribution in [1.82, 2.24) is 4.57 Å². The molecule has 0 aromatic carbocycles. The van der Waals surface area contributed by atoms with Gasteiger partial charge in [-0.05, 0) is 19.4 Å². The normalized spacial score (nSPS) is 12.7. The molecule has 0 aliphatic carbocycles. The Morgan fingerprint density at radius 2 is 2.29 bits per heavy atom. The Morgan fingerprint density at radius 1 is 1.57 bits per heavy atom. The largest absolute Gasteiger partial charge is 0.398 e. The summed E-state index contributed by atoms with van der Waals surface area (Å²) in [5, 5.41) is 0. The van der Waals surface area contributed by atoms with Gasteiger partial charge in [-0.3, -0.25) is 4.79 Å². The molecule has 1 aromatic rings. The lowest BCUT2D eigenvalue weighted by Crippen LogP contribution is -2.23. The van der Waals surface area contributed by atoms with E-state index in [1.165, 1.54) is 6.07 Å². The highest BCUT2D eigenvalue weighted by Gasteiger charge is 2.05. The van der Waals surface area contributed by atoms with E-state index in [0.29, 0.717) is 12.3 Å². The Bertz CT molecular complexity index is 346. The zero-order valence-corrected chi connectivity index (χ0v) is 8.56. The number of rotatable bonds is 4. The molecule has 4 heteroatoms. The molecule has 0 radical (unpaired) electrons. The van der Waals surface area contributed by atoms with E-state index in [9.17, 15) is 4.79 Å². The standard InChI is InChI=1S/C10H16N2O2/c1-8(5-6-14-2)12-7-9(11)3-4-10(12)13/h3-4,7-8H,5-6,11H2,1-2H3. The molecular weight excluding hydrogens is 180 g/mol. The maximum Gasteiger partial charge on any atom is 0.250 e. The molecule has 0 fully saturated rings. The lowest BCUT2D eigenvalue weighted by molar-refractivity contribution is 0.180. The SMILES string of the molecule is COCCC(C)n1cc(N)ccc1=O. The third-order valence-electron chi connectivity index (χ3n) is 2.18. The molecule has 0 spiro atoms. The van der Waals surface area contributed by atoms with Crippen LogP contribution in [0, 0.1) is 0 Å². The maximum atomic E-state index is 11.4. The number of aromatic nitrogens is 1. The predicted octanol–water partition coefficient (Wildman–Crippen LogP) is 1.03. The summed E-state index contributed by atoms with van der Waals surface area (Å²) in [6.07, 6.45) is 2.47. The van der Waals surface area contributed by atoms with Crippen LogP contribution < -0.4 is 11.3 Å². The van der Waals surface area contributed by atoms with Crippen molar-refractivity contribution in [3.8, 4) is 0 Å². The van der Waals surface area contributed by atoms with Crippen molar-refractivity contribution in [3.63, 3.8) is 0 Å². The van der Waals surface area contributed by atoms with Crippen LogP contribution in [0.1, 0.15) is 19.4 Å². The van der Waals surface area contributed by atoms with Crippen molar-refractivity contribution in [2.75, 3.05) is 19.5 Å². The zero-order chi connectivity index (χ0) is 10.6. The van der Waals surface area contributed by atoms with Gasteiger partial charge in [0.25, 0.3) is 5.56 Å². The molecule has 1 atom stereocenters. The lowest BCUT2D eigenvalue weighted by atomic mass is 10.2. The van der Waals surface area contributed by atoms with Crippen molar-refractivity contribution in [2.45, 2.75) is 19.4 Å². The van der Waals surface area contributed by atoms with Crippen LogP contribution in [0.4, 0.5) is 5.69 Å². The van der Waals surface area contributed by atoms with Crippen molar-refractivity contribution in [1.29, 1.82) is 0 Å². The summed E-state index contributed by atoms with van der Waals surface area (Å²) >= 11 is 0. The molecule has 2 N–H and O–H groups in total. The molecule has 0 saturated carbocycles. The zero-order valence-electron chi connectivity index (χ0n) is 8.56. The van der Waals surface area contributed by atoms with E-state index in [1.807, 2.05) is 6.92 Å². The monoisotopic (exact) mass is 196 g/mol. The first-order chi connectivity index (χ1) is 6.65. The third kappa shape index (κ3) is 2.60.